The van der Waals surface area contributed by atoms with Crippen LogP contribution in [0.3, 0.4) is 0 Å². The highest BCUT2D eigenvalue weighted by atomic mass is 32.1. The molecule has 0 fully saturated rings. The van der Waals surface area contributed by atoms with Crippen LogP contribution in [0.4, 0.5) is 5.69 Å². The monoisotopic (exact) mass is 272 g/mol. The second-order valence-electron chi connectivity index (χ2n) is 4.54. The Bertz CT molecular complexity index is 625. The quantitative estimate of drug-likeness (QED) is 0.857. The number of hydrogen-bond donors (Lipinski definition) is 1. The summed E-state index contributed by atoms with van der Waals surface area (Å²) in [6.07, 6.45) is 1.58. The first-order valence-electron chi connectivity index (χ1n) is 6.03. The number of benzene rings is 1. The Morgan fingerprint density at radius 2 is 2.16 bits per heavy atom. The molecule has 0 aliphatic carbocycles. The fourth-order valence-corrected chi connectivity index (χ4v) is 2.31. The van der Waals surface area contributed by atoms with Crippen molar-refractivity contribution in [1.29, 1.82) is 0 Å². The Labute approximate surface area is 117 Å². The highest BCUT2D eigenvalue weighted by Crippen LogP contribution is 2.24. The minimum absolute atomic E-state index is 0.105. The van der Waals surface area contributed by atoms with Crippen molar-refractivity contribution in [2.75, 3.05) is 5.32 Å². The molecule has 0 spiro atoms. The lowest BCUT2D eigenvalue weighted by Gasteiger charge is -2.04. The maximum absolute atomic E-state index is 11.7. The number of rotatable bonds is 3. The second-order valence-corrected chi connectivity index (χ2v) is 5.61. The van der Waals surface area contributed by atoms with Crippen molar-refractivity contribution in [3.05, 3.63) is 46.3 Å². The van der Waals surface area contributed by atoms with Crippen molar-refractivity contribution in [1.82, 2.24) is 4.98 Å². The number of carbonyl (C=O) groups excluding carboxylic acids is 1. The molecule has 0 unspecified atom stereocenters. The molecule has 0 saturated carbocycles. The number of anilines is 1. The predicted octanol–water partition coefficient (Wildman–Crippen LogP) is 4.02. The average molecular weight is 272 g/mol. The topological polar surface area (TPSA) is 42.0 Å². The van der Waals surface area contributed by atoms with E-state index in [2.05, 4.69) is 10.3 Å². The van der Waals surface area contributed by atoms with Crippen LogP contribution in [-0.2, 0) is 4.79 Å². The predicted molar refractivity (Wildman–Crippen MR) is 80.3 cm³/mol. The molecule has 3 nitrogen and oxygen atoms in total. The summed E-state index contributed by atoms with van der Waals surface area (Å²) in [5.74, 6) is -0.105. The summed E-state index contributed by atoms with van der Waals surface area (Å²) in [6, 6.07) is 7.72. The highest BCUT2D eigenvalue weighted by Gasteiger charge is 2.04. The minimum atomic E-state index is -0.105. The molecule has 0 bridgehead atoms. The Morgan fingerprint density at radius 1 is 1.37 bits per heavy atom. The normalized spacial score (nSPS) is 10.1. The van der Waals surface area contributed by atoms with E-state index in [4.69, 9.17) is 0 Å². The molecule has 19 heavy (non-hydrogen) atoms. The molecule has 1 aromatic carbocycles. The van der Waals surface area contributed by atoms with E-state index in [9.17, 15) is 4.79 Å². The Balaban J connectivity index is 2.20. The summed E-state index contributed by atoms with van der Waals surface area (Å²) in [6.45, 7) is 5.77. The smallest absolute Gasteiger partial charge is 0.248 e. The van der Waals surface area contributed by atoms with Gasteiger partial charge in [-0.15, -0.1) is 11.3 Å². The van der Waals surface area contributed by atoms with Gasteiger partial charge >= 0.3 is 0 Å². The summed E-state index contributed by atoms with van der Waals surface area (Å²) < 4.78 is 0. The van der Waals surface area contributed by atoms with Gasteiger partial charge in [-0.3, -0.25) is 4.79 Å². The van der Waals surface area contributed by atoms with Gasteiger partial charge in [0, 0.05) is 22.7 Å². The zero-order valence-corrected chi connectivity index (χ0v) is 12.0. The molecule has 98 valence electrons. The van der Waals surface area contributed by atoms with E-state index in [1.165, 1.54) is 0 Å². The zero-order chi connectivity index (χ0) is 13.8. The fourth-order valence-electron chi connectivity index (χ4n) is 1.69. The molecule has 0 atom stereocenters. The SMILES string of the molecule is CC(C)=CC(=O)Nc1cccc(-c2csc(C)n2)c1. The van der Waals surface area contributed by atoms with Gasteiger partial charge in [-0.25, -0.2) is 4.98 Å². The fraction of sp³-hybridized carbons (Fsp3) is 0.200. The molecular weight excluding hydrogens is 256 g/mol. The summed E-state index contributed by atoms with van der Waals surface area (Å²) >= 11 is 1.62. The largest absolute Gasteiger partial charge is 0.322 e. The first-order valence-corrected chi connectivity index (χ1v) is 6.91. The van der Waals surface area contributed by atoms with E-state index in [-0.39, 0.29) is 5.91 Å². The molecule has 1 N–H and O–H groups in total. The van der Waals surface area contributed by atoms with Gasteiger partial charge < -0.3 is 5.32 Å². The Morgan fingerprint density at radius 3 is 2.79 bits per heavy atom. The van der Waals surface area contributed by atoms with E-state index in [1.54, 1.807) is 17.4 Å². The van der Waals surface area contributed by atoms with Gasteiger partial charge in [0.15, 0.2) is 0 Å². The van der Waals surface area contributed by atoms with Gasteiger partial charge in [-0.1, -0.05) is 17.7 Å². The molecule has 0 radical (unpaired) electrons. The van der Waals surface area contributed by atoms with Gasteiger partial charge in [0.05, 0.1) is 10.7 Å². The van der Waals surface area contributed by atoms with E-state index in [0.717, 1.165) is 27.5 Å². The number of nitrogens with one attached hydrogen (secondary N) is 1. The van der Waals surface area contributed by atoms with Crippen molar-refractivity contribution in [2.24, 2.45) is 0 Å². The van der Waals surface area contributed by atoms with Gasteiger partial charge in [-0.2, -0.15) is 0 Å². The lowest BCUT2D eigenvalue weighted by Crippen LogP contribution is -2.08. The van der Waals surface area contributed by atoms with Crippen molar-refractivity contribution >= 4 is 22.9 Å². The number of thiazole rings is 1. The molecule has 0 aliphatic rings. The minimum Gasteiger partial charge on any atom is -0.322 e. The number of amides is 1. The third-order valence-corrected chi connectivity index (χ3v) is 3.24. The maximum atomic E-state index is 11.7. The van der Waals surface area contributed by atoms with E-state index < -0.39 is 0 Å². The Kier molecular flexibility index (Phi) is 4.12. The zero-order valence-electron chi connectivity index (χ0n) is 11.2. The standard InChI is InChI=1S/C15H16N2OS/c1-10(2)7-15(18)17-13-6-4-5-12(8-13)14-9-19-11(3)16-14/h4-9H,1-3H3,(H,17,18). The first-order chi connectivity index (χ1) is 9.04. The molecule has 0 aliphatic heterocycles. The van der Waals surface area contributed by atoms with Crippen LogP contribution in [0.25, 0.3) is 11.3 Å². The van der Waals surface area contributed by atoms with E-state index in [1.807, 2.05) is 50.4 Å². The highest BCUT2D eigenvalue weighted by molar-refractivity contribution is 7.09. The van der Waals surface area contributed by atoms with Crippen LogP contribution >= 0.6 is 11.3 Å². The van der Waals surface area contributed by atoms with Gasteiger partial charge in [0.1, 0.15) is 0 Å². The Hall–Kier alpha value is -1.94. The number of allylic oxidation sites excluding steroid dienone is 1. The number of hydrogen-bond acceptors (Lipinski definition) is 3. The lowest BCUT2D eigenvalue weighted by molar-refractivity contribution is -0.111. The molecule has 2 aromatic rings. The molecule has 1 amide bonds. The number of aromatic nitrogens is 1. The molecule has 1 aromatic heterocycles. The molecular formula is C15H16N2OS. The van der Waals surface area contributed by atoms with E-state index >= 15 is 0 Å². The van der Waals surface area contributed by atoms with Gasteiger partial charge in [0.2, 0.25) is 5.91 Å². The number of carbonyl (C=O) groups is 1. The first kappa shape index (κ1) is 13.5. The summed E-state index contributed by atoms with van der Waals surface area (Å²) in [4.78, 5) is 16.1. The van der Waals surface area contributed by atoms with E-state index in [0.29, 0.717) is 0 Å². The van der Waals surface area contributed by atoms with Crippen molar-refractivity contribution in [3.63, 3.8) is 0 Å². The number of nitrogens with zero attached hydrogens (tertiary/aromatic N) is 1. The maximum Gasteiger partial charge on any atom is 0.248 e. The third kappa shape index (κ3) is 3.76. The molecule has 4 heteroatoms. The van der Waals surface area contributed by atoms with Crippen LogP contribution in [0.1, 0.15) is 18.9 Å². The molecule has 2 rings (SSSR count). The van der Waals surface area contributed by atoms with Gasteiger partial charge in [-0.05, 0) is 32.9 Å². The average Bonchev–Trinajstić information content (AvgIpc) is 2.75. The van der Waals surface area contributed by atoms with Crippen LogP contribution in [0.2, 0.25) is 0 Å². The van der Waals surface area contributed by atoms with Crippen LogP contribution in [0, 0.1) is 6.92 Å². The summed E-state index contributed by atoms with van der Waals surface area (Å²) in [7, 11) is 0. The lowest BCUT2D eigenvalue weighted by atomic mass is 10.1. The van der Waals surface area contributed by atoms with Crippen LogP contribution < -0.4 is 5.32 Å². The molecule has 0 saturated heterocycles. The van der Waals surface area contributed by atoms with Crippen molar-refractivity contribution < 1.29 is 4.79 Å². The summed E-state index contributed by atoms with van der Waals surface area (Å²) in [5.41, 5.74) is 3.72. The van der Waals surface area contributed by atoms with Gasteiger partial charge in [0.25, 0.3) is 0 Å². The van der Waals surface area contributed by atoms with Crippen LogP contribution in [-0.4, -0.2) is 10.9 Å². The number of aryl methyl sites for hydroxylation is 1. The second kappa shape index (κ2) is 5.80. The van der Waals surface area contributed by atoms with Crippen molar-refractivity contribution in [2.45, 2.75) is 20.8 Å². The molecule has 1 heterocycles. The van der Waals surface area contributed by atoms with Crippen LogP contribution in [0.15, 0.2) is 41.3 Å². The van der Waals surface area contributed by atoms with Crippen LogP contribution in [0.5, 0.6) is 0 Å². The summed E-state index contributed by atoms with van der Waals surface area (Å²) in [5, 5.41) is 5.91. The third-order valence-electron chi connectivity index (χ3n) is 2.46. The van der Waals surface area contributed by atoms with Crippen molar-refractivity contribution in [3.8, 4) is 11.3 Å².